The van der Waals surface area contributed by atoms with Crippen LogP contribution in [0.2, 0.25) is 0 Å². The fraction of sp³-hybridized carbons (Fsp3) is 0.500. The van der Waals surface area contributed by atoms with Crippen molar-refractivity contribution in [1.29, 1.82) is 0 Å². The number of ether oxygens (including phenoxy) is 1. The van der Waals surface area contributed by atoms with E-state index in [0.29, 0.717) is 5.92 Å². The molecule has 0 radical (unpaired) electrons. The van der Waals surface area contributed by atoms with Crippen molar-refractivity contribution in [3.05, 3.63) is 29.8 Å². The zero-order valence-electron chi connectivity index (χ0n) is 11.3. The van der Waals surface area contributed by atoms with E-state index in [1.165, 1.54) is 12.7 Å². The molecular weight excluding hydrogens is 228 g/mol. The molecule has 4 heteroatoms. The van der Waals surface area contributed by atoms with Gasteiger partial charge in [0.05, 0.1) is 0 Å². The third kappa shape index (κ3) is 3.82. The van der Waals surface area contributed by atoms with Crippen molar-refractivity contribution in [1.82, 2.24) is 0 Å². The van der Waals surface area contributed by atoms with Gasteiger partial charge >= 0.3 is 0 Å². The highest BCUT2D eigenvalue weighted by molar-refractivity contribution is 5.94. The van der Waals surface area contributed by atoms with Gasteiger partial charge in [-0.1, -0.05) is 26.0 Å². The van der Waals surface area contributed by atoms with Gasteiger partial charge < -0.3 is 15.8 Å². The number of hydrogen-bond acceptors (Lipinski definition) is 3. The topological polar surface area (TPSA) is 64.4 Å². The van der Waals surface area contributed by atoms with E-state index in [1.807, 2.05) is 24.3 Å². The first-order valence-corrected chi connectivity index (χ1v) is 6.26. The Kier molecular flexibility index (Phi) is 5.82. The summed E-state index contributed by atoms with van der Waals surface area (Å²) in [5.74, 6) is 0.321. The number of carbonyl (C=O) groups is 1. The minimum atomic E-state index is -0.598. The van der Waals surface area contributed by atoms with E-state index in [4.69, 9.17) is 10.5 Å². The first-order valence-electron chi connectivity index (χ1n) is 6.26. The number of nitrogens with one attached hydrogen (secondary N) is 1. The van der Waals surface area contributed by atoms with Crippen LogP contribution < -0.4 is 11.1 Å². The van der Waals surface area contributed by atoms with Crippen LogP contribution in [0.5, 0.6) is 0 Å². The standard InChI is InChI=1S/C14H22N2O2/c1-4-10(2)11-5-7-12(8-6-11)16-14(17)13(9-15)18-3/h5-8,10,13H,4,9,15H2,1-3H3,(H,16,17). The number of benzene rings is 1. The van der Waals surface area contributed by atoms with Gasteiger partial charge in [-0.2, -0.15) is 0 Å². The maximum atomic E-state index is 11.7. The number of anilines is 1. The molecule has 0 fully saturated rings. The van der Waals surface area contributed by atoms with E-state index in [-0.39, 0.29) is 12.5 Å². The molecule has 1 aromatic carbocycles. The average molecular weight is 250 g/mol. The summed E-state index contributed by atoms with van der Waals surface area (Å²) in [6.07, 6.45) is 0.504. The maximum absolute atomic E-state index is 11.7. The van der Waals surface area contributed by atoms with Gasteiger partial charge in [0.2, 0.25) is 0 Å². The Hall–Kier alpha value is -1.39. The Morgan fingerprint density at radius 2 is 2.00 bits per heavy atom. The van der Waals surface area contributed by atoms with Gasteiger partial charge in [-0.15, -0.1) is 0 Å². The Morgan fingerprint density at radius 1 is 1.39 bits per heavy atom. The highest BCUT2D eigenvalue weighted by Gasteiger charge is 2.15. The van der Waals surface area contributed by atoms with Crippen molar-refractivity contribution in [2.24, 2.45) is 5.73 Å². The lowest BCUT2D eigenvalue weighted by Crippen LogP contribution is -2.35. The summed E-state index contributed by atoms with van der Waals surface area (Å²) in [7, 11) is 1.48. The summed E-state index contributed by atoms with van der Waals surface area (Å²) in [6.45, 7) is 4.51. The highest BCUT2D eigenvalue weighted by atomic mass is 16.5. The largest absolute Gasteiger partial charge is 0.370 e. The molecule has 0 saturated heterocycles. The van der Waals surface area contributed by atoms with E-state index in [1.54, 1.807) is 0 Å². The molecule has 100 valence electrons. The van der Waals surface area contributed by atoms with Crippen LogP contribution in [0.4, 0.5) is 5.69 Å². The minimum absolute atomic E-state index is 0.174. The SMILES string of the molecule is CCC(C)c1ccc(NC(=O)C(CN)OC)cc1. The van der Waals surface area contributed by atoms with Crippen molar-refractivity contribution in [3.63, 3.8) is 0 Å². The van der Waals surface area contributed by atoms with Gasteiger partial charge in [0.25, 0.3) is 5.91 Å². The lowest BCUT2D eigenvalue weighted by atomic mass is 9.99. The van der Waals surface area contributed by atoms with E-state index in [2.05, 4.69) is 19.2 Å². The lowest BCUT2D eigenvalue weighted by Gasteiger charge is -2.14. The minimum Gasteiger partial charge on any atom is -0.370 e. The first kappa shape index (κ1) is 14.7. The average Bonchev–Trinajstić information content (AvgIpc) is 2.40. The van der Waals surface area contributed by atoms with Crippen molar-refractivity contribution in [2.75, 3.05) is 19.0 Å². The quantitative estimate of drug-likeness (QED) is 0.812. The predicted molar refractivity (Wildman–Crippen MR) is 73.6 cm³/mol. The molecule has 1 amide bonds. The molecule has 1 aromatic rings. The molecule has 0 aliphatic rings. The molecule has 0 aromatic heterocycles. The zero-order valence-corrected chi connectivity index (χ0v) is 11.3. The molecule has 1 rings (SSSR count). The Balaban J connectivity index is 2.66. The van der Waals surface area contributed by atoms with E-state index in [0.717, 1.165) is 12.1 Å². The van der Waals surface area contributed by atoms with Crippen molar-refractivity contribution in [3.8, 4) is 0 Å². The molecule has 4 nitrogen and oxygen atoms in total. The van der Waals surface area contributed by atoms with E-state index >= 15 is 0 Å². The molecule has 0 saturated carbocycles. The van der Waals surface area contributed by atoms with Gasteiger partial charge in [-0.25, -0.2) is 0 Å². The third-order valence-corrected chi connectivity index (χ3v) is 3.15. The summed E-state index contributed by atoms with van der Waals surface area (Å²) in [4.78, 5) is 11.7. The van der Waals surface area contributed by atoms with Crippen LogP contribution >= 0.6 is 0 Å². The van der Waals surface area contributed by atoms with Gasteiger partial charge in [0.1, 0.15) is 6.10 Å². The van der Waals surface area contributed by atoms with E-state index < -0.39 is 6.10 Å². The van der Waals surface area contributed by atoms with Gasteiger partial charge in [-0.05, 0) is 30.0 Å². The lowest BCUT2D eigenvalue weighted by molar-refractivity contribution is -0.125. The van der Waals surface area contributed by atoms with Gasteiger partial charge in [0.15, 0.2) is 0 Å². The Bertz CT molecular complexity index is 372. The molecule has 2 unspecified atom stereocenters. The van der Waals surface area contributed by atoms with Gasteiger partial charge in [-0.3, -0.25) is 4.79 Å². The smallest absolute Gasteiger partial charge is 0.254 e. The van der Waals surface area contributed by atoms with Crippen molar-refractivity contribution >= 4 is 11.6 Å². The van der Waals surface area contributed by atoms with Crippen LogP contribution in [0, 0.1) is 0 Å². The summed E-state index contributed by atoms with van der Waals surface area (Å²) in [5, 5.41) is 2.78. The number of carbonyl (C=O) groups excluding carboxylic acids is 1. The fourth-order valence-corrected chi connectivity index (χ4v) is 1.66. The van der Waals surface area contributed by atoms with Crippen LogP contribution in [-0.4, -0.2) is 25.7 Å². The summed E-state index contributed by atoms with van der Waals surface area (Å²) in [6, 6.07) is 7.88. The fourth-order valence-electron chi connectivity index (χ4n) is 1.66. The summed E-state index contributed by atoms with van der Waals surface area (Å²) in [5.41, 5.74) is 7.48. The normalized spacial score (nSPS) is 14.0. The number of nitrogens with two attached hydrogens (primary N) is 1. The molecule has 18 heavy (non-hydrogen) atoms. The molecule has 0 heterocycles. The molecule has 2 atom stereocenters. The number of methoxy groups -OCH3 is 1. The highest BCUT2D eigenvalue weighted by Crippen LogP contribution is 2.20. The van der Waals surface area contributed by atoms with Crippen LogP contribution in [0.1, 0.15) is 31.7 Å². The first-order chi connectivity index (χ1) is 8.62. The second-order valence-electron chi connectivity index (χ2n) is 4.38. The van der Waals surface area contributed by atoms with Gasteiger partial charge in [0, 0.05) is 19.3 Å². The maximum Gasteiger partial charge on any atom is 0.254 e. The predicted octanol–water partition coefficient (Wildman–Crippen LogP) is 2.11. The molecule has 3 N–H and O–H groups in total. The van der Waals surface area contributed by atoms with Crippen molar-refractivity contribution in [2.45, 2.75) is 32.3 Å². The van der Waals surface area contributed by atoms with Crippen LogP contribution in [-0.2, 0) is 9.53 Å². The molecule has 0 aliphatic heterocycles. The zero-order chi connectivity index (χ0) is 13.5. The van der Waals surface area contributed by atoms with Crippen molar-refractivity contribution < 1.29 is 9.53 Å². The second-order valence-corrected chi connectivity index (χ2v) is 4.38. The third-order valence-electron chi connectivity index (χ3n) is 3.15. The number of rotatable bonds is 6. The van der Waals surface area contributed by atoms with E-state index in [9.17, 15) is 4.79 Å². The Morgan fingerprint density at radius 3 is 2.44 bits per heavy atom. The monoisotopic (exact) mass is 250 g/mol. The Labute approximate surface area is 109 Å². The molecule has 0 spiro atoms. The number of amides is 1. The molecule has 0 bridgehead atoms. The second kappa shape index (κ2) is 7.13. The summed E-state index contributed by atoms with van der Waals surface area (Å²) < 4.78 is 4.98. The number of hydrogen-bond donors (Lipinski definition) is 2. The molecule has 0 aliphatic carbocycles. The van der Waals surface area contributed by atoms with Crippen LogP contribution in [0.15, 0.2) is 24.3 Å². The van der Waals surface area contributed by atoms with Crippen LogP contribution in [0.3, 0.4) is 0 Å². The van der Waals surface area contributed by atoms with Crippen LogP contribution in [0.25, 0.3) is 0 Å². The molecular formula is C14H22N2O2. The summed E-state index contributed by atoms with van der Waals surface area (Å²) >= 11 is 0.